The Labute approximate surface area is 133 Å². The Kier molecular flexibility index (Phi) is 3.94. The van der Waals surface area contributed by atoms with Gasteiger partial charge >= 0.3 is 0 Å². The third kappa shape index (κ3) is 2.79. The molecule has 3 N–H and O–H groups in total. The largest absolute Gasteiger partial charge is 0.397 e. The Morgan fingerprint density at radius 3 is 3.00 bits per heavy atom. The van der Waals surface area contributed by atoms with Crippen molar-refractivity contribution in [2.75, 3.05) is 12.3 Å². The van der Waals surface area contributed by atoms with Gasteiger partial charge < -0.3 is 11.1 Å². The maximum Gasteiger partial charge on any atom is 0.263 e. The molecule has 0 aliphatic rings. The van der Waals surface area contributed by atoms with E-state index in [1.807, 2.05) is 30.5 Å². The number of rotatable bonds is 4. The van der Waals surface area contributed by atoms with Crippen molar-refractivity contribution in [3.05, 3.63) is 46.0 Å². The smallest absolute Gasteiger partial charge is 0.263 e. The van der Waals surface area contributed by atoms with E-state index < -0.39 is 0 Å². The standard InChI is InChI=1S/C14H13BrN4OS/c15-9-3-1-4-10-11(9)12(16)13(21-10)14(20)17-6-8-19-7-2-5-18-19/h1-5,7H,6,8,16H2,(H,17,20). The van der Waals surface area contributed by atoms with Crippen LogP contribution in [0.3, 0.4) is 0 Å². The molecule has 0 saturated heterocycles. The van der Waals surface area contributed by atoms with Crippen molar-refractivity contribution in [3.63, 3.8) is 0 Å². The van der Waals surface area contributed by atoms with E-state index in [1.54, 1.807) is 10.9 Å². The fraction of sp³-hybridized carbons (Fsp3) is 0.143. The molecule has 0 atom stereocenters. The van der Waals surface area contributed by atoms with Crippen LogP contribution < -0.4 is 11.1 Å². The zero-order valence-corrected chi connectivity index (χ0v) is 13.4. The normalized spacial score (nSPS) is 10.9. The van der Waals surface area contributed by atoms with Crippen LogP contribution in [0.1, 0.15) is 9.67 Å². The average molecular weight is 365 g/mol. The highest BCUT2D eigenvalue weighted by molar-refractivity contribution is 9.10. The summed E-state index contributed by atoms with van der Waals surface area (Å²) in [5, 5.41) is 7.86. The highest BCUT2D eigenvalue weighted by Crippen LogP contribution is 2.37. The van der Waals surface area contributed by atoms with Crippen molar-refractivity contribution in [1.29, 1.82) is 0 Å². The molecule has 3 aromatic rings. The summed E-state index contributed by atoms with van der Waals surface area (Å²) >= 11 is 4.88. The van der Waals surface area contributed by atoms with Gasteiger partial charge in [0.1, 0.15) is 4.88 Å². The lowest BCUT2D eigenvalue weighted by Gasteiger charge is -2.04. The minimum absolute atomic E-state index is 0.146. The summed E-state index contributed by atoms with van der Waals surface area (Å²) in [5.74, 6) is -0.146. The number of aromatic nitrogens is 2. The molecule has 0 fully saturated rings. The molecule has 2 aromatic heterocycles. The van der Waals surface area contributed by atoms with Crippen LogP contribution in [0.4, 0.5) is 5.69 Å². The first kappa shape index (κ1) is 14.1. The van der Waals surface area contributed by atoms with Gasteiger partial charge in [0.15, 0.2) is 0 Å². The first-order valence-electron chi connectivity index (χ1n) is 6.39. The predicted molar refractivity (Wildman–Crippen MR) is 88.5 cm³/mol. The van der Waals surface area contributed by atoms with Crippen molar-refractivity contribution in [1.82, 2.24) is 15.1 Å². The maximum absolute atomic E-state index is 12.2. The molecule has 0 spiro atoms. The number of fused-ring (bicyclic) bond motifs is 1. The highest BCUT2D eigenvalue weighted by Gasteiger charge is 2.17. The second-order valence-corrected chi connectivity index (χ2v) is 6.39. The lowest BCUT2D eigenvalue weighted by Crippen LogP contribution is -2.27. The van der Waals surface area contributed by atoms with E-state index in [-0.39, 0.29) is 5.91 Å². The molecule has 7 heteroatoms. The summed E-state index contributed by atoms with van der Waals surface area (Å²) in [4.78, 5) is 12.8. The summed E-state index contributed by atoms with van der Waals surface area (Å²) < 4.78 is 3.67. The van der Waals surface area contributed by atoms with Crippen molar-refractivity contribution in [2.24, 2.45) is 0 Å². The average Bonchev–Trinajstić information content (AvgIpc) is 3.08. The van der Waals surface area contributed by atoms with Crippen LogP contribution in [0.5, 0.6) is 0 Å². The molecular formula is C14H13BrN4OS. The van der Waals surface area contributed by atoms with Crippen molar-refractivity contribution >= 4 is 48.9 Å². The van der Waals surface area contributed by atoms with E-state index in [4.69, 9.17) is 5.73 Å². The summed E-state index contributed by atoms with van der Waals surface area (Å²) in [6.45, 7) is 1.14. The lowest BCUT2D eigenvalue weighted by molar-refractivity contribution is 0.0957. The number of amides is 1. The molecule has 2 heterocycles. The fourth-order valence-electron chi connectivity index (χ4n) is 2.09. The van der Waals surface area contributed by atoms with Gasteiger partial charge in [-0.15, -0.1) is 11.3 Å². The van der Waals surface area contributed by atoms with Crippen molar-refractivity contribution in [3.8, 4) is 0 Å². The molecule has 0 aliphatic heterocycles. The van der Waals surface area contributed by atoms with Crippen LogP contribution >= 0.6 is 27.3 Å². The van der Waals surface area contributed by atoms with E-state index in [1.165, 1.54) is 11.3 Å². The molecule has 1 aromatic carbocycles. The van der Waals surface area contributed by atoms with Gasteiger partial charge in [-0.2, -0.15) is 5.10 Å². The Bertz CT molecular complexity index is 782. The number of nitrogens with zero attached hydrogens (tertiary/aromatic N) is 2. The number of thiophene rings is 1. The number of hydrogen-bond donors (Lipinski definition) is 2. The number of nitrogen functional groups attached to an aromatic ring is 1. The first-order chi connectivity index (χ1) is 10.2. The molecule has 0 radical (unpaired) electrons. The van der Waals surface area contributed by atoms with Crippen molar-refractivity contribution in [2.45, 2.75) is 6.54 Å². The van der Waals surface area contributed by atoms with E-state index in [0.29, 0.717) is 23.7 Å². The SMILES string of the molecule is Nc1c(C(=O)NCCn2cccn2)sc2cccc(Br)c12. The number of hydrogen-bond acceptors (Lipinski definition) is 4. The molecule has 0 unspecified atom stereocenters. The van der Waals surface area contributed by atoms with Gasteiger partial charge in [0.05, 0.1) is 12.2 Å². The lowest BCUT2D eigenvalue weighted by atomic mass is 10.2. The quantitative estimate of drug-likeness (QED) is 0.747. The minimum atomic E-state index is -0.146. The number of anilines is 1. The number of carbonyl (C=O) groups excluding carboxylic acids is 1. The molecule has 0 bridgehead atoms. The summed E-state index contributed by atoms with van der Waals surface area (Å²) in [5.41, 5.74) is 6.64. The molecule has 3 rings (SSSR count). The van der Waals surface area contributed by atoms with Gasteiger partial charge in [-0.05, 0) is 18.2 Å². The number of nitrogens with one attached hydrogen (secondary N) is 1. The van der Waals surface area contributed by atoms with Crippen molar-refractivity contribution < 1.29 is 4.79 Å². The molecule has 0 saturated carbocycles. The van der Waals surface area contributed by atoms with Crippen LogP contribution in [0.15, 0.2) is 41.1 Å². The van der Waals surface area contributed by atoms with Gasteiger partial charge in [0.25, 0.3) is 5.91 Å². The third-order valence-corrected chi connectivity index (χ3v) is 4.92. The highest BCUT2D eigenvalue weighted by atomic mass is 79.9. The molecule has 1 amide bonds. The summed E-state index contributed by atoms with van der Waals surface area (Å²) in [6, 6.07) is 7.66. The first-order valence-corrected chi connectivity index (χ1v) is 8.00. The zero-order valence-electron chi connectivity index (χ0n) is 11.0. The van der Waals surface area contributed by atoms with Crippen LogP contribution in [-0.2, 0) is 6.54 Å². The van der Waals surface area contributed by atoms with E-state index in [0.717, 1.165) is 14.6 Å². The Balaban J connectivity index is 1.75. The van der Waals surface area contributed by atoms with E-state index >= 15 is 0 Å². The van der Waals surface area contributed by atoms with Gasteiger partial charge in [0.2, 0.25) is 0 Å². The third-order valence-electron chi connectivity index (χ3n) is 3.09. The van der Waals surface area contributed by atoms with E-state index in [2.05, 4.69) is 26.3 Å². The Morgan fingerprint density at radius 2 is 2.29 bits per heavy atom. The number of benzene rings is 1. The second-order valence-electron chi connectivity index (χ2n) is 4.48. The molecule has 21 heavy (non-hydrogen) atoms. The Hall–Kier alpha value is -1.86. The fourth-order valence-corrected chi connectivity index (χ4v) is 3.87. The van der Waals surface area contributed by atoms with Crippen LogP contribution in [0, 0.1) is 0 Å². The molecular weight excluding hydrogens is 352 g/mol. The Morgan fingerprint density at radius 1 is 1.43 bits per heavy atom. The van der Waals surface area contributed by atoms with Gasteiger partial charge in [-0.3, -0.25) is 9.48 Å². The molecule has 5 nitrogen and oxygen atoms in total. The number of nitrogens with two attached hydrogens (primary N) is 1. The van der Waals surface area contributed by atoms with Gasteiger partial charge in [0, 0.05) is 33.5 Å². The predicted octanol–water partition coefficient (Wildman–Crippen LogP) is 2.87. The second kappa shape index (κ2) is 5.87. The summed E-state index contributed by atoms with van der Waals surface area (Å²) in [6.07, 6.45) is 3.57. The van der Waals surface area contributed by atoms with E-state index in [9.17, 15) is 4.79 Å². The van der Waals surface area contributed by atoms with Crippen LogP contribution in [-0.4, -0.2) is 22.2 Å². The zero-order chi connectivity index (χ0) is 14.8. The van der Waals surface area contributed by atoms with Gasteiger partial charge in [-0.25, -0.2) is 0 Å². The number of carbonyl (C=O) groups is 1. The monoisotopic (exact) mass is 364 g/mol. The molecule has 108 valence electrons. The molecule has 0 aliphatic carbocycles. The van der Waals surface area contributed by atoms with Crippen LogP contribution in [0.25, 0.3) is 10.1 Å². The number of halogens is 1. The van der Waals surface area contributed by atoms with Crippen LogP contribution in [0.2, 0.25) is 0 Å². The summed E-state index contributed by atoms with van der Waals surface area (Å²) in [7, 11) is 0. The maximum atomic E-state index is 12.2. The topological polar surface area (TPSA) is 72.9 Å². The minimum Gasteiger partial charge on any atom is -0.397 e. The van der Waals surface area contributed by atoms with Gasteiger partial charge in [-0.1, -0.05) is 22.0 Å².